The van der Waals surface area contributed by atoms with Crippen LogP contribution in [0.5, 0.6) is 0 Å². The molecule has 2 saturated heterocycles. The fourth-order valence-electron chi connectivity index (χ4n) is 5.38. The Bertz CT molecular complexity index is 1050. The zero-order chi connectivity index (χ0) is 27.1. The van der Waals surface area contributed by atoms with Crippen molar-refractivity contribution >= 4 is 23.6 Å². The van der Waals surface area contributed by atoms with Gasteiger partial charge in [-0.3, -0.25) is 19.5 Å². The minimum absolute atomic E-state index is 0.0716. The minimum atomic E-state index is -3.21. The third-order valence-corrected chi connectivity index (χ3v) is 7.62. The van der Waals surface area contributed by atoms with E-state index in [4.69, 9.17) is 4.74 Å². The van der Waals surface area contributed by atoms with Crippen LogP contribution in [0.4, 0.5) is 28.0 Å². The number of alkyl halides is 2. The van der Waals surface area contributed by atoms with Gasteiger partial charge in [0.1, 0.15) is 18.2 Å². The minimum Gasteiger partial charge on any atom is -0.438 e. The van der Waals surface area contributed by atoms with Gasteiger partial charge in [0, 0.05) is 32.1 Å². The molecule has 0 radical (unpaired) electrons. The van der Waals surface area contributed by atoms with Gasteiger partial charge >= 0.3 is 12.5 Å². The van der Waals surface area contributed by atoms with Gasteiger partial charge in [-0.05, 0) is 43.2 Å². The molecule has 9 nitrogen and oxygen atoms in total. The number of aliphatic hydroxyl groups excluding tert-OH is 1. The second-order valence-corrected chi connectivity index (χ2v) is 9.94. The number of hydrogen-bond acceptors (Lipinski definition) is 6. The molecule has 3 unspecified atom stereocenters. The lowest BCUT2D eigenvalue weighted by Gasteiger charge is -2.37. The average Bonchev–Trinajstić information content (AvgIpc) is 3.36. The third kappa shape index (κ3) is 5.37. The molecule has 1 saturated carbocycles. The number of carbonyl (C=O) groups excluding carboxylic acids is 3. The first-order valence-electron chi connectivity index (χ1n) is 12.2. The molecule has 2 aliphatic heterocycles. The molecule has 1 aromatic rings. The molecular formula is C24H30F4N4O5. The van der Waals surface area contributed by atoms with Crippen molar-refractivity contribution in [3.05, 3.63) is 29.3 Å². The van der Waals surface area contributed by atoms with Gasteiger partial charge < -0.3 is 15.2 Å². The van der Waals surface area contributed by atoms with Gasteiger partial charge in [0.25, 0.3) is 11.8 Å². The zero-order valence-corrected chi connectivity index (χ0v) is 20.6. The van der Waals surface area contributed by atoms with Crippen LogP contribution in [0.15, 0.2) is 12.1 Å². The lowest BCUT2D eigenvalue weighted by atomic mass is 9.81. The first kappa shape index (κ1) is 27.1. The van der Waals surface area contributed by atoms with Crippen LogP contribution in [0.1, 0.15) is 44.1 Å². The SMILES string of the molecule is CC(c1c(F)cc(N2C[C@@]3(CC3NC(=O)C(F)F)OC2=O)cc1F)C1CCCN(C)N(C(=O)CO)CC1. The summed E-state index contributed by atoms with van der Waals surface area (Å²) in [5.74, 6) is -4.26. The molecule has 204 valence electrons. The van der Waals surface area contributed by atoms with E-state index in [9.17, 15) is 28.3 Å². The molecule has 4 rings (SSSR count). The monoisotopic (exact) mass is 530 g/mol. The second-order valence-electron chi connectivity index (χ2n) is 9.94. The van der Waals surface area contributed by atoms with Crippen molar-refractivity contribution in [2.45, 2.75) is 56.6 Å². The van der Waals surface area contributed by atoms with Crippen LogP contribution >= 0.6 is 0 Å². The number of amides is 3. The van der Waals surface area contributed by atoms with Crippen LogP contribution in [0, 0.1) is 17.6 Å². The number of anilines is 1. The van der Waals surface area contributed by atoms with Crippen molar-refractivity contribution < 1.29 is 41.8 Å². The highest BCUT2D eigenvalue weighted by Crippen LogP contribution is 2.47. The Morgan fingerprint density at radius 3 is 2.51 bits per heavy atom. The predicted molar refractivity (Wildman–Crippen MR) is 123 cm³/mol. The van der Waals surface area contributed by atoms with Gasteiger partial charge in [0.05, 0.1) is 18.3 Å². The summed E-state index contributed by atoms with van der Waals surface area (Å²) in [5.41, 5.74) is -1.40. The van der Waals surface area contributed by atoms with E-state index in [1.54, 1.807) is 19.0 Å². The lowest BCUT2D eigenvalue weighted by molar-refractivity contribution is -0.151. The van der Waals surface area contributed by atoms with E-state index in [-0.39, 0.29) is 30.1 Å². The number of benzene rings is 1. The number of hydrogen-bond donors (Lipinski definition) is 2. The molecule has 1 spiro atoms. The molecule has 3 aliphatic rings. The van der Waals surface area contributed by atoms with Gasteiger partial charge in [-0.15, -0.1) is 0 Å². The van der Waals surface area contributed by atoms with E-state index in [1.165, 1.54) is 5.01 Å². The number of ether oxygens (including phenoxy) is 1. The quantitative estimate of drug-likeness (QED) is 0.548. The van der Waals surface area contributed by atoms with E-state index in [1.807, 2.05) is 0 Å². The van der Waals surface area contributed by atoms with Crippen LogP contribution in [-0.2, 0) is 14.3 Å². The van der Waals surface area contributed by atoms with Crippen LogP contribution in [0.3, 0.4) is 0 Å². The molecular weight excluding hydrogens is 500 g/mol. The van der Waals surface area contributed by atoms with E-state index < -0.39 is 60.1 Å². The van der Waals surface area contributed by atoms with Crippen LogP contribution in [0.25, 0.3) is 0 Å². The molecule has 2 heterocycles. The molecule has 37 heavy (non-hydrogen) atoms. The summed E-state index contributed by atoms with van der Waals surface area (Å²) >= 11 is 0. The summed E-state index contributed by atoms with van der Waals surface area (Å²) in [7, 11) is 1.75. The van der Waals surface area contributed by atoms with E-state index in [0.29, 0.717) is 32.4 Å². The maximum absolute atomic E-state index is 15.3. The summed E-state index contributed by atoms with van der Waals surface area (Å²) in [6.07, 6.45) is -2.12. The van der Waals surface area contributed by atoms with Gasteiger partial charge in [-0.25, -0.2) is 18.6 Å². The maximum atomic E-state index is 15.3. The largest absolute Gasteiger partial charge is 0.438 e. The van der Waals surface area contributed by atoms with Crippen molar-refractivity contribution in [1.82, 2.24) is 15.3 Å². The molecule has 1 aromatic carbocycles. The van der Waals surface area contributed by atoms with E-state index in [0.717, 1.165) is 17.0 Å². The van der Waals surface area contributed by atoms with Crippen LogP contribution in [-0.4, -0.2) is 84.4 Å². The zero-order valence-electron chi connectivity index (χ0n) is 20.6. The number of hydrazine groups is 1. The summed E-state index contributed by atoms with van der Waals surface area (Å²) in [5, 5.41) is 14.5. The summed E-state index contributed by atoms with van der Waals surface area (Å²) in [4.78, 5) is 36.8. The Kier molecular flexibility index (Phi) is 7.65. The third-order valence-electron chi connectivity index (χ3n) is 7.62. The number of halogens is 4. The molecule has 3 fully saturated rings. The van der Waals surface area contributed by atoms with Crippen molar-refractivity contribution in [2.24, 2.45) is 5.92 Å². The topological polar surface area (TPSA) is 102 Å². The first-order chi connectivity index (χ1) is 17.5. The summed E-state index contributed by atoms with van der Waals surface area (Å²) < 4.78 is 60.9. The number of nitrogens with one attached hydrogen (secondary N) is 1. The normalized spacial score (nSPS) is 27.2. The van der Waals surface area contributed by atoms with Crippen molar-refractivity contribution in [2.75, 3.05) is 38.2 Å². The molecule has 3 amide bonds. The standard InChI is InChI=1S/C24H30F4N4O5/c1-13(14-4-3-6-30(2)32(7-5-14)19(34)11-33)20-16(25)8-15(9-17(20)26)31-12-24(37-23(31)36)10-18(24)29-22(35)21(27)28/h8-9,13-14,18,21,33H,3-7,10-12H2,1-2H3,(H,29,35)/t13?,14?,18?,24-/m1/s1. The highest BCUT2D eigenvalue weighted by molar-refractivity contribution is 5.91. The maximum Gasteiger partial charge on any atom is 0.415 e. The first-order valence-corrected chi connectivity index (χ1v) is 12.2. The van der Waals surface area contributed by atoms with Crippen molar-refractivity contribution in [1.29, 1.82) is 0 Å². The molecule has 0 bridgehead atoms. The number of carbonyl (C=O) groups is 3. The van der Waals surface area contributed by atoms with Crippen LogP contribution < -0.4 is 10.2 Å². The van der Waals surface area contributed by atoms with Gasteiger partial charge in [0.15, 0.2) is 5.60 Å². The van der Waals surface area contributed by atoms with E-state index in [2.05, 4.69) is 5.32 Å². The van der Waals surface area contributed by atoms with E-state index >= 15 is 8.78 Å². The Morgan fingerprint density at radius 1 is 1.22 bits per heavy atom. The summed E-state index contributed by atoms with van der Waals surface area (Å²) in [6.45, 7) is 1.80. The molecule has 4 atom stereocenters. The molecule has 2 N–H and O–H groups in total. The number of rotatable bonds is 6. The number of nitrogens with zero attached hydrogens (tertiary/aromatic N) is 3. The fraction of sp³-hybridized carbons (Fsp3) is 0.625. The lowest BCUT2D eigenvalue weighted by Crippen LogP contribution is -2.48. The Morgan fingerprint density at radius 2 is 1.89 bits per heavy atom. The highest BCUT2D eigenvalue weighted by atomic mass is 19.3. The van der Waals surface area contributed by atoms with Gasteiger partial charge in [0.2, 0.25) is 0 Å². The van der Waals surface area contributed by atoms with Crippen molar-refractivity contribution in [3.63, 3.8) is 0 Å². The Balaban J connectivity index is 1.47. The highest BCUT2D eigenvalue weighted by Gasteiger charge is 2.64. The predicted octanol–water partition coefficient (Wildman–Crippen LogP) is 2.39. The van der Waals surface area contributed by atoms with Crippen molar-refractivity contribution in [3.8, 4) is 0 Å². The smallest absolute Gasteiger partial charge is 0.415 e. The van der Waals surface area contributed by atoms with Gasteiger partial charge in [-0.1, -0.05) is 6.92 Å². The Labute approximate surface area is 211 Å². The average molecular weight is 531 g/mol. The molecule has 1 aliphatic carbocycles. The summed E-state index contributed by atoms with van der Waals surface area (Å²) in [6, 6.07) is 1.29. The second kappa shape index (κ2) is 10.4. The van der Waals surface area contributed by atoms with Crippen LogP contribution in [0.2, 0.25) is 0 Å². The number of aliphatic hydroxyl groups is 1. The molecule has 13 heteroatoms. The molecule has 0 aromatic heterocycles. The van der Waals surface area contributed by atoms with Gasteiger partial charge in [-0.2, -0.15) is 8.78 Å². The fourth-order valence-corrected chi connectivity index (χ4v) is 5.38. The Hall–Kier alpha value is -2.93.